The van der Waals surface area contributed by atoms with Crippen molar-refractivity contribution in [3.05, 3.63) is 89.9 Å². The number of thiazole rings is 1. The van der Waals surface area contributed by atoms with Crippen molar-refractivity contribution in [1.29, 1.82) is 0 Å². The number of rotatable bonds is 6. The van der Waals surface area contributed by atoms with Crippen molar-refractivity contribution in [2.75, 3.05) is 11.5 Å². The molecule has 0 radical (unpaired) electrons. The highest BCUT2D eigenvalue weighted by atomic mass is 32.1. The molecule has 9 heteroatoms. The van der Waals surface area contributed by atoms with E-state index < -0.39 is 17.6 Å². The lowest BCUT2D eigenvalue weighted by Crippen LogP contribution is -2.31. The molecule has 0 atom stereocenters. The lowest BCUT2D eigenvalue weighted by Gasteiger charge is -2.21. The average Bonchev–Trinajstić information content (AvgIpc) is 3.51. The van der Waals surface area contributed by atoms with Gasteiger partial charge in [-0.2, -0.15) is 13.2 Å². The van der Waals surface area contributed by atoms with Gasteiger partial charge in [0.1, 0.15) is 11.5 Å². The number of hydrogen-bond acceptors (Lipinski definition) is 5. The van der Waals surface area contributed by atoms with Gasteiger partial charge >= 0.3 is 6.18 Å². The molecular formula is C26H19F3N2O3S. The van der Waals surface area contributed by atoms with Gasteiger partial charge < -0.3 is 9.15 Å². The molecule has 178 valence electrons. The minimum Gasteiger partial charge on any atom is -0.493 e. The number of anilines is 1. The van der Waals surface area contributed by atoms with Crippen molar-refractivity contribution in [3.63, 3.8) is 0 Å². The number of carbonyl (C=O) groups is 1. The normalized spacial score (nSPS) is 11.8. The van der Waals surface area contributed by atoms with E-state index in [1.807, 2.05) is 37.3 Å². The summed E-state index contributed by atoms with van der Waals surface area (Å²) in [5.41, 5.74) is -0.727. The molecule has 2 heterocycles. The number of benzene rings is 3. The summed E-state index contributed by atoms with van der Waals surface area (Å²) in [5.74, 6) is 0.402. The topological polar surface area (TPSA) is 55.6 Å². The van der Waals surface area contributed by atoms with Gasteiger partial charge in [-0.1, -0.05) is 47.7 Å². The van der Waals surface area contributed by atoms with Gasteiger partial charge in [0.15, 0.2) is 5.13 Å². The molecule has 5 aromatic rings. The third kappa shape index (κ3) is 4.35. The second-order valence-corrected chi connectivity index (χ2v) is 8.72. The summed E-state index contributed by atoms with van der Waals surface area (Å²) in [7, 11) is 0. The molecule has 0 saturated carbocycles. The Hall–Kier alpha value is -3.85. The van der Waals surface area contributed by atoms with Crippen LogP contribution in [0, 0.1) is 0 Å². The van der Waals surface area contributed by atoms with E-state index >= 15 is 0 Å². The van der Waals surface area contributed by atoms with Crippen molar-refractivity contribution in [2.45, 2.75) is 19.6 Å². The summed E-state index contributed by atoms with van der Waals surface area (Å²) in [6, 6.07) is 18.2. The maximum Gasteiger partial charge on any atom is 0.418 e. The Morgan fingerprint density at radius 3 is 2.63 bits per heavy atom. The van der Waals surface area contributed by atoms with Crippen molar-refractivity contribution >= 4 is 43.4 Å². The van der Waals surface area contributed by atoms with E-state index in [0.29, 0.717) is 33.8 Å². The summed E-state index contributed by atoms with van der Waals surface area (Å²) < 4.78 is 52.4. The fourth-order valence-electron chi connectivity index (χ4n) is 3.95. The molecule has 0 spiro atoms. The van der Waals surface area contributed by atoms with E-state index in [2.05, 4.69) is 4.98 Å². The zero-order chi connectivity index (χ0) is 24.6. The number of fused-ring (bicyclic) bond motifs is 2. The van der Waals surface area contributed by atoms with E-state index in [1.54, 1.807) is 24.3 Å². The molecular weight excluding hydrogens is 477 g/mol. The Bertz CT molecular complexity index is 1510. The molecule has 5 nitrogen and oxygen atoms in total. The van der Waals surface area contributed by atoms with Crippen LogP contribution < -0.4 is 9.64 Å². The van der Waals surface area contributed by atoms with E-state index in [1.165, 1.54) is 17.2 Å². The quantitative estimate of drug-likeness (QED) is 0.247. The predicted octanol–water partition coefficient (Wildman–Crippen LogP) is 7.31. The minimum atomic E-state index is -4.57. The first-order valence-electron chi connectivity index (χ1n) is 10.8. The molecule has 0 unspecified atom stereocenters. The second-order valence-electron chi connectivity index (χ2n) is 7.71. The number of hydrogen-bond donors (Lipinski definition) is 0. The van der Waals surface area contributed by atoms with Crippen LogP contribution in [0.1, 0.15) is 28.6 Å². The van der Waals surface area contributed by atoms with Gasteiger partial charge in [0.05, 0.1) is 40.8 Å². The van der Waals surface area contributed by atoms with Crippen molar-refractivity contribution < 1.29 is 27.1 Å². The monoisotopic (exact) mass is 496 g/mol. The lowest BCUT2D eigenvalue weighted by atomic mass is 10.0. The Morgan fingerprint density at radius 1 is 1.06 bits per heavy atom. The summed E-state index contributed by atoms with van der Waals surface area (Å²) in [5, 5.41) is 1.64. The Labute approximate surface area is 202 Å². The first-order chi connectivity index (χ1) is 16.9. The fraction of sp³-hybridized carbons (Fsp3) is 0.154. The number of nitrogens with zero attached hydrogens (tertiary/aromatic N) is 2. The number of carbonyl (C=O) groups excluding carboxylic acids is 1. The molecule has 0 aliphatic heterocycles. The molecule has 0 aliphatic rings. The lowest BCUT2D eigenvalue weighted by molar-refractivity contribution is -0.136. The highest BCUT2D eigenvalue weighted by molar-refractivity contribution is 7.22. The highest BCUT2D eigenvalue weighted by Gasteiger charge is 2.35. The van der Waals surface area contributed by atoms with Crippen molar-refractivity contribution in [1.82, 2.24) is 4.98 Å². The van der Waals surface area contributed by atoms with Crippen molar-refractivity contribution in [2.24, 2.45) is 0 Å². The number of amides is 1. The van der Waals surface area contributed by atoms with E-state index in [0.717, 1.165) is 22.8 Å². The molecule has 1 amide bonds. The van der Waals surface area contributed by atoms with Crippen LogP contribution in [0.15, 0.2) is 77.4 Å². The largest absolute Gasteiger partial charge is 0.493 e. The zero-order valence-electron chi connectivity index (χ0n) is 18.5. The molecule has 3 aromatic carbocycles. The Kier molecular flexibility index (Phi) is 5.94. The summed E-state index contributed by atoms with van der Waals surface area (Å²) in [6.07, 6.45) is -3.10. The van der Waals surface area contributed by atoms with Crippen LogP contribution in [0.25, 0.3) is 21.0 Å². The van der Waals surface area contributed by atoms with Crippen LogP contribution in [-0.4, -0.2) is 17.5 Å². The van der Waals surface area contributed by atoms with E-state index in [-0.39, 0.29) is 17.2 Å². The molecule has 0 bridgehead atoms. The van der Waals surface area contributed by atoms with E-state index in [4.69, 9.17) is 9.15 Å². The van der Waals surface area contributed by atoms with Gasteiger partial charge in [-0.05, 0) is 48.0 Å². The molecule has 0 aliphatic carbocycles. The van der Waals surface area contributed by atoms with Crippen LogP contribution in [0.2, 0.25) is 0 Å². The first-order valence-corrected chi connectivity index (χ1v) is 11.6. The number of halogens is 3. The molecule has 0 fully saturated rings. The van der Waals surface area contributed by atoms with Crippen LogP contribution in [0.4, 0.5) is 18.3 Å². The molecule has 35 heavy (non-hydrogen) atoms. The van der Waals surface area contributed by atoms with Gasteiger partial charge in [-0.3, -0.25) is 9.69 Å². The van der Waals surface area contributed by atoms with Crippen LogP contribution in [-0.2, 0) is 12.7 Å². The number of alkyl halides is 3. The number of aromatic nitrogens is 1. The Balaban J connectivity index is 1.69. The second kappa shape index (κ2) is 9.07. The molecule has 5 rings (SSSR count). The minimum absolute atomic E-state index is 0.0121. The summed E-state index contributed by atoms with van der Waals surface area (Å²) >= 11 is 1.02. The van der Waals surface area contributed by atoms with Crippen LogP contribution in [0.5, 0.6) is 5.75 Å². The van der Waals surface area contributed by atoms with E-state index in [9.17, 15) is 18.0 Å². The summed E-state index contributed by atoms with van der Waals surface area (Å²) in [6.45, 7) is 2.14. The Morgan fingerprint density at radius 2 is 1.89 bits per heavy atom. The first kappa shape index (κ1) is 22.9. The van der Waals surface area contributed by atoms with Gasteiger partial charge in [-0.25, -0.2) is 4.98 Å². The molecule has 0 saturated heterocycles. The molecule has 0 N–H and O–H groups in total. The fourth-order valence-corrected chi connectivity index (χ4v) is 4.94. The standard InChI is InChI=1S/C26H19F3N2O3S/c1-2-33-20-13-12-16-7-3-4-9-18(16)22(20)24(32)31(15-17-8-6-14-34-17)25-30-23-19(26(27,28)29)10-5-11-21(23)35-25/h3-14H,2,15H2,1H3. The third-order valence-electron chi connectivity index (χ3n) is 5.49. The highest BCUT2D eigenvalue weighted by Crippen LogP contribution is 2.40. The average molecular weight is 497 g/mol. The van der Waals surface area contributed by atoms with Gasteiger partial charge in [-0.15, -0.1) is 0 Å². The van der Waals surface area contributed by atoms with Crippen molar-refractivity contribution in [3.8, 4) is 5.75 Å². The van der Waals surface area contributed by atoms with Gasteiger partial charge in [0.2, 0.25) is 0 Å². The number of para-hydroxylation sites is 1. The van der Waals surface area contributed by atoms with Gasteiger partial charge in [0, 0.05) is 0 Å². The van der Waals surface area contributed by atoms with Gasteiger partial charge in [0.25, 0.3) is 5.91 Å². The predicted molar refractivity (Wildman–Crippen MR) is 129 cm³/mol. The summed E-state index contributed by atoms with van der Waals surface area (Å²) in [4.78, 5) is 19.7. The van der Waals surface area contributed by atoms with Crippen LogP contribution in [0.3, 0.4) is 0 Å². The number of furan rings is 1. The zero-order valence-corrected chi connectivity index (χ0v) is 19.3. The molecule has 2 aromatic heterocycles. The maximum atomic E-state index is 14.1. The smallest absolute Gasteiger partial charge is 0.418 e. The maximum absolute atomic E-state index is 14.1. The third-order valence-corrected chi connectivity index (χ3v) is 6.53. The SMILES string of the molecule is CCOc1ccc2ccccc2c1C(=O)N(Cc1ccco1)c1nc2c(C(F)(F)F)cccc2s1. The van der Waals surface area contributed by atoms with Crippen LogP contribution >= 0.6 is 11.3 Å². The number of ether oxygens (including phenoxy) is 1.